The molecular formula is C22H26NO7-. The number of carbonyl (C=O) groups is 2. The van der Waals surface area contributed by atoms with Crippen LogP contribution in [0.3, 0.4) is 0 Å². The van der Waals surface area contributed by atoms with Crippen LogP contribution in [0.4, 0.5) is 0 Å². The normalized spacial score (nSPS) is 11.3. The van der Waals surface area contributed by atoms with Crippen LogP contribution >= 0.6 is 0 Å². The van der Waals surface area contributed by atoms with E-state index in [9.17, 15) is 14.7 Å². The summed E-state index contributed by atoms with van der Waals surface area (Å²) in [5.41, 5.74) is 0.847. The van der Waals surface area contributed by atoms with Crippen LogP contribution in [0.25, 0.3) is 0 Å². The number of nitrogens with one attached hydrogen (secondary N) is 1. The highest BCUT2D eigenvalue weighted by Gasteiger charge is 2.20. The summed E-state index contributed by atoms with van der Waals surface area (Å²) in [5.74, 6) is -0.121. The predicted molar refractivity (Wildman–Crippen MR) is 108 cm³/mol. The van der Waals surface area contributed by atoms with E-state index in [-0.39, 0.29) is 12.0 Å². The van der Waals surface area contributed by atoms with Crippen molar-refractivity contribution in [3.63, 3.8) is 0 Å². The van der Waals surface area contributed by atoms with Crippen molar-refractivity contribution < 1.29 is 33.6 Å². The fraction of sp³-hybridized carbons (Fsp3) is 0.364. The molecule has 0 radical (unpaired) electrons. The first-order valence-corrected chi connectivity index (χ1v) is 9.46. The van der Waals surface area contributed by atoms with E-state index in [1.807, 2.05) is 6.92 Å². The number of rotatable bonds is 11. The van der Waals surface area contributed by atoms with Gasteiger partial charge in [-0.3, -0.25) is 4.79 Å². The summed E-state index contributed by atoms with van der Waals surface area (Å²) in [5, 5.41) is 14.0. The maximum absolute atomic E-state index is 12.9. The molecule has 8 heteroatoms. The number of amides is 1. The van der Waals surface area contributed by atoms with Crippen molar-refractivity contribution in [3.05, 3.63) is 47.5 Å². The number of aliphatic carboxylic acids is 1. The van der Waals surface area contributed by atoms with Gasteiger partial charge in [0.15, 0.2) is 11.5 Å². The van der Waals surface area contributed by atoms with Gasteiger partial charge in [-0.25, -0.2) is 0 Å². The van der Waals surface area contributed by atoms with Crippen LogP contribution in [0.5, 0.6) is 23.0 Å². The number of hydrogen-bond acceptors (Lipinski definition) is 7. The first-order chi connectivity index (χ1) is 14.4. The quantitative estimate of drug-likeness (QED) is 0.598. The first kappa shape index (κ1) is 22.9. The molecule has 2 rings (SSSR count). The van der Waals surface area contributed by atoms with Gasteiger partial charge in [-0.1, -0.05) is 19.1 Å². The van der Waals surface area contributed by atoms with Crippen molar-refractivity contribution in [2.75, 3.05) is 27.9 Å². The fourth-order valence-electron chi connectivity index (χ4n) is 2.89. The van der Waals surface area contributed by atoms with Gasteiger partial charge in [0.2, 0.25) is 5.75 Å². The van der Waals surface area contributed by atoms with Crippen LogP contribution in [0.2, 0.25) is 0 Å². The van der Waals surface area contributed by atoms with E-state index in [0.717, 1.165) is 6.42 Å². The van der Waals surface area contributed by atoms with Crippen molar-refractivity contribution in [3.8, 4) is 23.0 Å². The summed E-state index contributed by atoms with van der Waals surface area (Å²) in [6.45, 7) is 2.59. The topological polar surface area (TPSA) is 106 Å². The molecule has 162 valence electrons. The number of carbonyl (C=O) groups excluding carboxylic acids is 2. The average molecular weight is 416 g/mol. The molecule has 8 nitrogen and oxygen atoms in total. The average Bonchev–Trinajstić information content (AvgIpc) is 2.76. The van der Waals surface area contributed by atoms with Gasteiger partial charge in [-0.05, 0) is 36.2 Å². The van der Waals surface area contributed by atoms with Crippen LogP contribution < -0.4 is 29.4 Å². The molecule has 0 fully saturated rings. The lowest BCUT2D eigenvalue weighted by atomic mass is 10.0. The smallest absolute Gasteiger partial charge is 0.252 e. The molecule has 0 aliphatic rings. The van der Waals surface area contributed by atoms with Crippen molar-refractivity contribution in [2.24, 2.45) is 0 Å². The largest absolute Gasteiger partial charge is 0.550 e. The molecule has 2 aromatic rings. The van der Waals surface area contributed by atoms with E-state index in [1.165, 1.54) is 33.5 Å². The Kier molecular flexibility index (Phi) is 8.34. The lowest BCUT2D eigenvalue weighted by molar-refractivity contribution is -0.306. The van der Waals surface area contributed by atoms with E-state index in [1.54, 1.807) is 24.3 Å². The Hall–Kier alpha value is -3.42. The molecular weight excluding hydrogens is 390 g/mol. The van der Waals surface area contributed by atoms with Crippen LogP contribution in [-0.4, -0.2) is 39.8 Å². The molecule has 0 aromatic heterocycles. The van der Waals surface area contributed by atoms with Crippen molar-refractivity contribution in [2.45, 2.75) is 25.8 Å². The lowest BCUT2D eigenvalue weighted by Gasteiger charge is -2.21. The standard InChI is InChI=1S/C22H27NO7/c1-5-10-30-16-8-6-14(7-9-16)17(13-20(24)25)23-22(26)15-11-18(27-2)21(29-4)19(12-15)28-3/h6-9,11-12,17H,5,10,13H2,1-4H3,(H,23,26)(H,24,25)/p-1/t17-/m0/s1. The zero-order valence-corrected chi connectivity index (χ0v) is 17.5. The third kappa shape index (κ3) is 5.79. The van der Waals surface area contributed by atoms with Gasteiger partial charge in [-0.2, -0.15) is 0 Å². The second kappa shape index (κ2) is 10.9. The molecule has 1 amide bonds. The van der Waals surface area contributed by atoms with Crippen molar-refractivity contribution in [1.82, 2.24) is 5.32 Å². The molecule has 0 heterocycles. The number of methoxy groups -OCH3 is 3. The Morgan fingerprint density at radius 1 is 1.00 bits per heavy atom. The summed E-state index contributed by atoms with van der Waals surface area (Å²) < 4.78 is 21.3. The minimum Gasteiger partial charge on any atom is -0.550 e. The number of carboxylic acids is 1. The Bertz CT molecular complexity index is 839. The third-order valence-electron chi connectivity index (χ3n) is 4.36. The van der Waals surface area contributed by atoms with Gasteiger partial charge in [0.1, 0.15) is 5.75 Å². The van der Waals surface area contributed by atoms with Gasteiger partial charge in [-0.15, -0.1) is 0 Å². The van der Waals surface area contributed by atoms with Crippen molar-refractivity contribution in [1.29, 1.82) is 0 Å². The van der Waals surface area contributed by atoms with Crippen LogP contribution in [0.1, 0.15) is 41.7 Å². The summed E-state index contributed by atoms with van der Waals surface area (Å²) in [6.07, 6.45) is 0.491. The monoisotopic (exact) mass is 416 g/mol. The molecule has 0 saturated heterocycles. The number of carboxylic acid groups (broad SMARTS) is 1. The van der Waals surface area contributed by atoms with Crippen LogP contribution in [-0.2, 0) is 4.79 Å². The number of ether oxygens (including phenoxy) is 4. The van der Waals surface area contributed by atoms with E-state index < -0.39 is 17.9 Å². The van der Waals surface area contributed by atoms with E-state index >= 15 is 0 Å². The highest BCUT2D eigenvalue weighted by atomic mass is 16.5. The molecule has 0 spiro atoms. The molecule has 1 N–H and O–H groups in total. The highest BCUT2D eigenvalue weighted by molar-refractivity contribution is 5.96. The molecule has 1 atom stereocenters. The molecule has 2 aromatic carbocycles. The van der Waals surface area contributed by atoms with E-state index in [4.69, 9.17) is 18.9 Å². The molecule has 30 heavy (non-hydrogen) atoms. The second-order valence-electron chi connectivity index (χ2n) is 6.43. The zero-order chi connectivity index (χ0) is 22.1. The van der Waals surface area contributed by atoms with Gasteiger partial charge >= 0.3 is 0 Å². The maximum atomic E-state index is 12.9. The van der Waals surface area contributed by atoms with Crippen LogP contribution in [0.15, 0.2) is 36.4 Å². The molecule has 0 unspecified atom stereocenters. The molecule has 0 saturated carbocycles. The lowest BCUT2D eigenvalue weighted by Crippen LogP contribution is -2.34. The summed E-state index contributed by atoms with van der Waals surface area (Å²) in [7, 11) is 4.35. The van der Waals surface area contributed by atoms with E-state index in [0.29, 0.717) is 35.2 Å². The Morgan fingerprint density at radius 2 is 1.60 bits per heavy atom. The van der Waals surface area contributed by atoms with Gasteiger partial charge in [0.25, 0.3) is 5.91 Å². The summed E-state index contributed by atoms with van der Waals surface area (Å²) >= 11 is 0. The zero-order valence-electron chi connectivity index (χ0n) is 17.5. The molecule has 0 aliphatic carbocycles. The summed E-state index contributed by atoms with van der Waals surface area (Å²) in [4.78, 5) is 24.1. The minimum absolute atomic E-state index is 0.232. The highest BCUT2D eigenvalue weighted by Crippen LogP contribution is 2.38. The van der Waals surface area contributed by atoms with Crippen LogP contribution in [0, 0.1) is 0 Å². The maximum Gasteiger partial charge on any atom is 0.252 e. The Labute approximate surface area is 175 Å². The molecule has 0 aliphatic heterocycles. The van der Waals surface area contributed by atoms with E-state index in [2.05, 4.69) is 5.32 Å². The third-order valence-corrected chi connectivity index (χ3v) is 4.36. The number of benzene rings is 2. The number of hydrogen-bond donors (Lipinski definition) is 1. The predicted octanol–water partition coefficient (Wildman–Crippen LogP) is 2.11. The van der Waals surface area contributed by atoms with Gasteiger partial charge < -0.3 is 34.2 Å². The van der Waals surface area contributed by atoms with Gasteiger partial charge in [0, 0.05) is 18.0 Å². The summed E-state index contributed by atoms with van der Waals surface area (Å²) in [6, 6.07) is 9.10. The first-order valence-electron chi connectivity index (χ1n) is 9.46. The second-order valence-corrected chi connectivity index (χ2v) is 6.43. The molecule has 0 bridgehead atoms. The minimum atomic E-state index is -1.28. The fourth-order valence-corrected chi connectivity index (χ4v) is 2.89. The Morgan fingerprint density at radius 3 is 2.07 bits per heavy atom. The SMILES string of the molecule is CCCOc1ccc([C@H](CC(=O)[O-])NC(=O)c2cc(OC)c(OC)c(OC)c2)cc1. The van der Waals surface area contributed by atoms with Gasteiger partial charge in [0.05, 0.1) is 34.0 Å². The Balaban J connectivity index is 2.28. The van der Waals surface area contributed by atoms with Crippen molar-refractivity contribution >= 4 is 11.9 Å².